The second-order valence-corrected chi connectivity index (χ2v) is 5.86. The van der Waals surface area contributed by atoms with Crippen molar-refractivity contribution in [1.82, 2.24) is 0 Å². The van der Waals surface area contributed by atoms with Gasteiger partial charge in [0.1, 0.15) is 5.75 Å². The second-order valence-electron chi connectivity index (χ2n) is 3.75. The maximum Gasteiger partial charge on any atom is 0.387 e. The van der Waals surface area contributed by atoms with E-state index in [-0.39, 0.29) is 11.5 Å². The van der Waals surface area contributed by atoms with E-state index >= 15 is 0 Å². The molecule has 0 saturated heterocycles. The van der Waals surface area contributed by atoms with Gasteiger partial charge in [0.15, 0.2) is 0 Å². The van der Waals surface area contributed by atoms with Crippen molar-refractivity contribution in [2.45, 2.75) is 13.5 Å². The molecule has 0 aliphatic heterocycles. The predicted octanol–water partition coefficient (Wildman–Crippen LogP) is 4.65. The van der Waals surface area contributed by atoms with E-state index in [0.29, 0.717) is 10.4 Å². The largest absolute Gasteiger partial charge is 0.435 e. The van der Waals surface area contributed by atoms with E-state index in [1.807, 2.05) is 6.92 Å². The molecule has 0 spiro atoms. The monoisotopic (exact) mass is 346 g/mol. The average Bonchev–Trinajstić information content (AvgIpc) is 2.69. The summed E-state index contributed by atoms with van der Waals surface area (Å²) in [7, 11) is 0. The molecule has 0 saturated carbocycles. The zero-order chi connectivity index (χ0) is 14.0. The maximum atomic E-state index is 12.1. The van der Waals surface area contributed by atoms with Crippen LogP contribution in [0.15, 0.2) is 34.8 Å². The molecule has 0 atom stereocenters. The normalized spacial score (nSPS) is 10.8. The quantitative estimate of drug-likeness (QED) is 0.753. The molecular weight excluding hydrogens is 338 g/mol. The van der Waals surface area contributed by atoms with Crippen molar-refractivity contribution in [2.75, 3.05) is 0 Å². The molecular formula is C13H9BrF2O2S. The summed E-state index contributed by atoms with van der Waals surface area (Å²) in [5, 5.41) is 0. The van der Waals surface area contributed by atoms with Gasteiger partial charge in [-0.3, -0.25) is 4.79 Å². The van der Waals surface area contributed by atoms with Crippen molar-refractivity contribution >= 4 is 33.0 Å². The van der Waals surface area contributed by atoms with E-state index in [1.54, 1.807) is 6.07 Å². The molecule has 2 rings (SSSR count). The average molecular weight is 347 g/mol. The number of carbonyl (C=O) groups excluding carboxylic acids is 1. The summed E-state index contributed by atoms with van der Waals surface area (Å²) in [6.45, 7) is -0.956. The molecule has 1 heterocycles. The summed E-state index contributed by atoms with van der Waals surface area (Å²) in [6.07, 6.45) is 0. The number of alkyl halides is 2. The summed E-state index contributed by atoms with van der Waals surface area (Å²) in [5.41, 5.74) is 0.440. The highest BCUT2D eigenvalue weighted by molar-refractivity contribution is 9.10. The Bertz CT molecular complexity index is 574. The Hall–Kier alpha value is -1.27. The van der Waals surface area contributed by atoms with Gasteiger partial charge in [-0.2, -0.15) is 8.78 Å². The Morgan fingerprint density at radius 2 is 1.95 bits per heavy atom. The van der Waals surface area contributed by atoms with E-state index in [1.165, 1.54) is 35.6 Å². The number of carbonyl (C=O) groups is 1. The van der Waals surface area contributed by atoms with Gasteiger partial charge < -0.3 is 4.74 Å². The van der Waals surface area contributed by atoms with Gasteiger partial charge >= 0.3 is 6.61 Å². The number of aryl methyl sites for hydroxylation is 1. The lowest BCUT2D eigenvalue weighted by molar-refractivity contribution is -0.0498. The maximum absolute atomic E-state index is 12.1. The fourth-order valence-electron chi connectivity index (χ4n) is 1.50. The first-order chi connectivity index (χ1) is 8.97. The third-order valence-corrected chi connectivity index (χ3v) is 4.56. The molecule has 1 aromatic heterocycles. The van der Waals surface area contributed by atoms with Crippen LogP contribution in [0.2, 0.25) is 0 Å². The summed E-state index contributed by atoms with van der Waals surface area (Å²) >= 11 is 4.73. The van der Waals surface area contributed by atoms with E-state index in [2.05, 4.69) is 20.7 Å². The lowest BCUT2D eigenvalue weighted by Crippen LogP contribution is -2.03. The smallest absolute Gasteiger partial charge is 0.387 e. The Labute approximate surface area is 121 Å². The molecule has 0 bridgehead atoms. The molecule has 2 aromatic rings. The van der Waals surface area contributed by atoms with Gasteiger partial charge in [-0.05, 0) is 53.2 Å². The molecule has 0 N–H and O–H groups in total. The van der Waals surface area contributed by atoms with E-state index < -0.39 is 6.61 Å². The van der Waals surface area contributed by atoms with Gasteiger partial charge in [0.05, 0.1) is 4.88 Å². The zero-order valence-electron chi connectivity index (χ0n) is 9.82. The predicted molar refractivity (Wildman–Crippen MR) is 73.3 cm³/mol. The van der Waals surface area contributed by atoms with Crippen LogP contribution < -0.4 is 4.74 Å². The number of thiophene rings is 1. The van der Waals surface area contributed by atoms with E-state index in [0.717, 1.165) is 9.35 Å². The first-order valence-electron chi connectivity index (χ1n) is 5.33. The molecule has 0 aliphatic carbocycles. The van der Waals surface area contributed by atoms with Gasteiger partial charge in [0.2, 0.25) is 5.78 Å². The molecule has 0 unspecified atom stereocenters. The van der Waals surface area contributed by atoms with Gasteiger partial charge in [0.25, 0.3) is 0 Å². The SMILES string of the molecule is Cc1sc(C(=O)c2ccc(OC(F)F)cc2)cc1Br. The minimum Gasteiger partial charge on any atom is -0.435 e. The van der Waals surface area contributed by atoms with Crippen LogP contribution in [-0.2, 0) is 0 Å². The first-order valence-corrected chi connectivity index (χ1v) is 6.94. The summed E-state index contributed by atoms with van der Waals surface area (Å²) < 4.78 is 29.1. The van der Waals surface area contributed by atoms with Crippen LogP contribution in [0.3, 0.4) is 0 Å². The third kappa shape index (κ3) is 3.39. The van der Waals surface area contributed by atoms with Crippen LogP contribution in [0.25, 0.3) is 0 Å². The number of rotatable bonds is 4. The summed E-state index contributed by atoms with van der Waals surface area (Å²) in [6, 6.07) is 7.42. The summed E-state index contributed by atoms with van der Waals surface area (Å²) in [5.74, 6) is -0.0995. The molecule has 0 radical (unpaired) electrons. The molecule has 19 heavy (non-hydrogen) atoms. The molecule has 2 nitrogen and oxygen atoms in total. The van der Waals surface area contributed by atoms with Gasteiger partial charge in [-0.25, -0.2) is 0 Å². The Balaban J connectivity index is 2.20. The van der Waals surface area contributed by atoms with Crippen LogP contribution in [0.5, 0.6) is 5.75 Å². The minimum atomic E-state index is -2.86. The highest BCUT2D eigenvalue weighted by atomic mass is 79.9. The molecule has 0 amide bonds. The van der Waals surface area contributed by atoms with E-state index in [4.69, 9.17) is 0 Å². The zero-order valence-corrected chi connectivity index (χ0v) is 12.2. The van der Waals surface area contributed by atoms with Gasteiger partial charge in [0, 0.05) is 14.9 Å². The van der Waals surface area contributed by atoms with Crippen molar-refractivity contribution < 1.29 is 18.3 Å². The second kappa shape index (κ2) is 5.79. The number of hydrogen-bond acceptors (Lipinski definition) is 3. The van der Waals surface area contributed by atoms with Crippen LogP contribution in [0.1, 0.15) is 20.1 Å². The molecule has 1 aromatic carbocycles. The highest BCUT2D eigenvalue weighted by Gasteiger charge is 2.14. The fraction of sp³-hybridized carbons (Fsp3) is 0.154. The van der Waals surface area contributed by atoms with Crippen LogP contribution in [0, 0.1) is 6.92 Å². The summed E-state index contributed by atoms with van der Waals surface area (Å²) in [4.78, 5) is 13.8. The number of halogens is 3. The number of ketones is 1. The Morgan fingerprint density at radius 3 is 2.42 bits per heavy atom. The van der Waals surface area contributed by atoms with Crippen LogP contribution >= 0.6 is 27.3 Å². The molecule has 6 heteroatoms. The standard InChI is InChI=1S/C13H9BrF2O2S/c1-7-10(14)6-11(19-7)12(17)8-2-4-9(5-3-8)18-13(15)16/h2-6,13H,1H3. The van der Waals surface area contributed by atoms with Gasteiger partial charge in [-0.1, -0.05) is 0 Å². The van der Waals surface area contributed by atoms with E-state index in [9.17, 15) is 13.6 Å². The van der Waals surface area contributed by atoms with Gasteiger partial charge in [-0.15, -0.1) is 11.3 Å². The number of ether oxygens (including phenoxy) is 1. The Morgan fingerprint density at radius 1 is 1.32 bits per heavy atom. The molecule has 0 aliphatic rings. The van der Waals surface area contributed by atoms with Crippen molar-refractivity contribution in [3.63, 3.8) is 0 Å². The highest BCUT2D eigenvalue weighted by Crippen LogP contribution is 2.28. The van der Waals surface area contributed by atoms with Crippen molar-refractivity contribution in [1.29, 1.82) is 0 Å². The molecule has 100 valence electrons. The van der Waals surface area contributed by atoms with Crippen molar-refractivity contribution in [3.05, 3.63) is 50.1 Å². The lowest BCUT2D eigenvalue weighted by Gasteiger charge is -2.04. The number of benzene rings is 1. The first kappa shape index (κ1) is 14.1. The van der Waals surface area contributed by atoms with Crippen molar-refractivity contribution in [2.24, 2.45) is 0 Å². The van der Waals surface area contributed by atoms with Crippen LogP contribution in [0.4, 0.5) is 8.78 Å². The molecule has 0 fully saturated rings. The third-order valence-electron chi connectivity index (χ3n) is 2.42. The van der Waals surface area contributed by atoms with Crippen LogP contribution in [-0.4, -0.2) is 12.4 Å². The number of hydrogen-bond donors (Lipinski definition) is 0. The van der Waals surface area contributed by atoms with Crippen molar-refractivity contribution in [3.8, 4) is 5.75 Å². The topological polar surface area (TPSA) is 26.3 Å². The minimum absolute atomic E-state index is 0.0371. The Kier molecular flexibility index (Phi) is 4.31. The lowest BCUT2D eigenvalue weighted by atomic mass is 10.1. The fourth-order valence-corrected chi connectivity index (χ4v) is 3.00.